The molecule has 2 nitrogen and oxygen atoms in total. The maximum atomic E-state index is 4.56. The first kappa shape index (κ1) is 14.3. The van der Waals surface area contributed by atoms with E-state index in [-0.39, 0.29) is 6.04 Å². The Morgan fingerprint density at radius 3 is 2.43 bits per heavy atom. The van der Waals surface area contributed by atoms with Gasteiger partial charge >= 0.3 is 0 Å². The Hall–Kier alpha value is -1.67. The molecule has 1 aromatic carbocycles. The molecule has 2 heteroatoms. The van der Waals surface area contributed by atoms with Gasteiger partial charge in [-0.15, -0.1) is 0 Å². The van der Waals surface area contributed by atoms with Gasteiger partial charge in [0, 0.05) is 12.7 Å². The smallest absolute Gasteiger partial charge is 0.0751 e. The van der Waals surface area contributed by atoms with Gasteiger partial charge in [-0.2, -0.15) is 0 Å². The van der Waals surface area contributed by atoms with Crippen LogP contribution in [0.2, 0.25) is 0 Å². The largest absolute Gasteiger partial charge is 0.304 e. The topological polar surface area (TPSA) is 24.9 Å². The van der Waals surface area contributed by atoms with Gasteiger partial charge in [-0.1, -0.05) is 56.2 Å². The molecule has 1 heterocycles. The molecule has 1 unspecified atom stereocenters. The minimum atomic E-state index is 0.185. The quantitative estimate of drug-likeness (QED) is 0.881. The molecule has 1 aliphatic carbocycles. The summed E-state index contributed by atoms with van der Waals surface area (Å²) in [6.45, 7) is 3.47. The fourth-order valence-electron chi connectivity index (χ4n) is 3.34. The molecular weight excluding hydrogens is 256 g/mol. The van der Waals surface area contributed by atoms with Crippen molar-refractivity contribution in [3.63, 3.8) is 0 Å². The van der Waals surface area contributed by atoms with E-state index in [0.29, 0.717) is 5.41 Å². The summed E-state index contributed by atoms with van der Waals surface area (Å²) in [4.78, 5) is 4.56. The van der Waals surface area contributed by atoms with Crippen molar-refractivity contribution in [1.82, 2.24) is 10.3 Å². The summed E-state index contributed by atoms with van der Waals surface area (Å²) >= 11 is 0. The maximum absolute atomic E-state index is 4.56. The van der Waals surface area contributed by atoms with Crippen molar-refractivity contribution in [2.24, 2.45) is 5.41 Å². The number of hydrogen-bond acceptors (Lipinski definition) is 2. The van der Waals surface area contributed by atoms with Crippen LogP contribution < -0.4 is 5.32 Å². The number of aromatic nitrogens is 1. The summed E-state index contributed by atoms with van der Waals surface area (Å²) in [6, 6.07) is 17.0. The predicted molar refractivity (Wildman–Crippen MR) is 87.1 cm³/mol. The van der Waals surface area contributed by atoms with Crippen molar-refractivity contribution < 1.29 is 0 Å². The van der Waals surface area contributed by atoms with E-state index in [0.717, 1.165) is 12.2 Å². The van der Waals surface area contributed by atoms with E-state index in [1.807, 2.05) is 12.3 Å². The number of nitrogens with one attached hydrogen (secondary N) is 1. The zero-order chi connectivity index (χ0) is 14.5. The summed E-state index contributed by atoms with van der Waals surface area (Å²) < 4.78 is 0. The van der Waals surface area contributed by atoms with E-state index in [4.69, 9.17) is 0 Å². The molecular formula is C19H24N2. The Morgan fingerprint density at radius 2 is 1.76 bits per heavy atom. The molecule has 3 rings (SSSR count). The van der Waals surface area contributed by atoms with E-state index in [1.165, 1.54) is 31.2 Å². The molecule has 21 heavy (non-hydrogen) atoms. The highest BCUT2D eigenvalue weighted by atomic mass is 15.0. The van der Waals surface area contributed by atoms with Crippen LogP contribution in [0, 0.1) is 5.41 Å². The molecule has 1 saturated carbocycles. The Morgan fingerprint density at radius 1 is 1.05 bits per heavy atom. The first-order chi connectivity index (χ1) is 10.3. The third kappa shape index (κ3) is 3.51. The van der Waals surface area contributed by atoms with E-state index in [9.17, 15) is 0 Å². The summed E-state index contributed by atoms with van der Waals surface area (Å²) in [7, 11) is 0. The Labute approximate surface area is 127 Å². The maximum Gasteiger partial charge on any atom is 0.0751 e. The molecule has 0 spiro atoms. The second-order valence-electron chi connectivity index (χ2n) is 6.50. The molecule has 0 saturated heterocycles. The molecule has 0 amide bonds. The molecule has 0 aliphatic heterocycles. The SMILES string of the molecule is CC1(CNC(c2ccccc2)c2ccccn2)CCCC1. The lowest BCUT2D eigenvalue weighted by Gasteiger charge is -2.28. The van der Waals surface area contributed by atoms with Crippen molar-refractivity contribution in [3.8, 4) is 0 Å². The molecule has 110 valence electrons. The van der Waals surface area contributed by atoms with Crippen LogP contribution in [0.1, 0.15) is 49.9 Å². The third-order valence-corrected chi connectivity index (χ3v) is 4.66. The highest BCUT2D eigenvalue weighted by Gasteiger charge is 2.29. The molecule has 1 aliphatic rings. The monoisotopic (exact) mass is 280 g/mol. The van der Waals surface area contributed by atoms with E-state index < -0.39 is 0 Å². The van der Waals surface area contributed by atoms with Crippen molar-refractivity contribution in [1.29, 1.82) is 0 Å². The number of pyridine rings is 1. The Bertz CT molecular complexity index is 505. The van der Waals surface area contributed by atoms with Crippen LogP contribution in [-0.4, -0.2) is 11.5 Å². The molecule has 1 atom stereocenters. The van der Waals surface area contributed by atoms with E-state index in [1.54, 1.807) is 0 Å². The van der Waals surface area contributed by atoms with Crippen LogP contribution >= 0.6 is 0 Å². The van der Waals surface area contributed by atoms with E-state index in [2.05, 4.69) is 59.7 Å². The average Bonchev–Trinajstić information content (AvgIpc) is 2.97. The van der Waals surface area contributed by atoms with Gasteiger partial charge in [-0.3, -0.25) is 4.98 Å². The first-order valence-electron chi connectivity index (χ1n) is 7.96. The Kier molecular flexibility index (Phi) is 4.35. The molecule has 0 radical (unpaired) electrons. The van der Waals surface area contributed by atoms with E-state index >= 15 is 0 Å². The standard InChI is InChI=1S/C19H24N2/c1-19(12-6-7-13-19)15-21-18(16-9-3-2-4-10-16)17-11-5-8-14-20-17/h2-5,8-11,14,18,21H,6-7,12-13,15H2,1H3. The second kappa shape index (κ2) is 6.40. The molecule has 0 bridgehead atoms. The van der Waals surface area contributed by atoms with Gasteiger partial charge in [0.05, 0.1) is 11.7 Å². The molecule has 1 fully saturated rings. The van der Waals surface area contributed by atoms with Gasteiger partial charge in [0.2, 0.25) is 0 Å². The number of benzene rings is 1. The highest BCUT2D eigenvalue weighted by molar-refractivity contribution is 5.27. The number of nitrogens with zero attached hydrogens (tertiary/aromatic N) is 1. The summed E-state index contributed by atoms with van der Waals surface area (Å²) in [5.41, 5.74) is 2.84. The summed E-state index contributed by atoms with van der Waals surface area (Å²) in [5.74, 6) is 0. The molecule has 1 N–H and O–H groups in total. The second-order valence-corrected chi connectivity index (χ2v) is 6.50. The van der Waals surface area contributed by atoms with Gasteiger partial charge in [0.1, 0.15) is 0 Å². The number of rotatable bonds is 5. The fraction of sp³-hybridized carbons (Fsp3) is 0.421. The minimum absolute atomic E-state index is 0.185. The van der Waals surface area contributed by atoms with Crippen LogP contribution in [0.15, 0.2) is 54.7 Å². The third-order valence-electron chi connectivity index (χ3n) is 4.66. The van der Waals surface area contributed by atoms with Gasteiger partial charge in [0.25, 0.3) is 0 Å². The van der Waals surface area contributed by atoms with Crippen LogP contribution in [0.4, 0.5) is 0 Å². The normalized spacial score (nSPS) is 18.5. The lowest BCUT2D eigenvalue weighted by Crippen LogP contribution is -2.33. The van der Waals surface area contributed by atoms with Crippen LogP contribution in [0.3, 0.4) is 0 Å². The van der Waals surface area contributed by atoms with Crippen molar-refractivity contribution in [2.45, 2.75) is 38.6 Å². The van der Waals surface area contributed by atoms with Gasteiger partial charge in [-0.25, -0.2) is 0 Å². The molecule has 1 aromatic heterocycles. The van der Waals surface area contributed by atoms with Gasteiger partial charge in [0.15, 0.2) is 0 Å². The summed E-state index contributed by atoms with van der Waals surface area (Å²) in [5, 5.41) is 3.77. The highest BCUT2D eigenvalue weighted by Crippen LogP contribution is 2.37. The lowest BCUT2D eigenvalue weighted by atomic mass is 9.88. The van der Waals surface area contributed by atoms with Crippen LogP contribution in [-0.2, 0) is 0 Å². The minimum Gasteiger partial charge on any atom is -0.304 e. The average molecular weight is 280 g/mol. The zero-order valence-electron chi connectivity index (χ0n) is 12.8. The van der Waals surface area contributed by atoms with Gasteiger partial charge < -0.3 is 5.32 Å². The van der Waals surface area contributed by atoms with Crippen molar-refractivity contribution in [2.75, 3.05) is 6.54 Å². The molecule has 2 aromatic rings. The fourth-order valence-corrected chi connectivity index (χ4v) is 3.34. The van der Waals surface area contributed by atoms with Crippen LogP contribution in [0.25, 0.3) is 0 Å². The van der Waals surface area contributed by atoms with Crippen molar-refractivity contribution >= 4 is 0 Å². The van der Waals surface area contributed by atoms with Crippen LogP contribution in [0.5, 0.6) is 0 Å². The van der Waals surface area contributed by atoms with Crippen molar-refractivity contribution in [3.05, 3.63) is 66.0 Å². The van der Waals surface area contributed by atoms with Gasteiger partial charge in [-0.05, 0) is 36.0 Å². The first-order valence-corrected chi connectivity index (χ1v) is 7.96. The Balaban J connectivity index is 1.80. The zero-order valence-corrected chi connectivity index (χ0v) is 12.8. The predicted octanol–water partition coefficient (Wildman–Crippen LogP) is 4.34. The lowest BCUT2D eigenvalue weighted by molar-refractivity contribution is 0.305. The number of hydrogen-bond donors (Lipinski definition) is 1. The summed E-state index contributed by atoms with van der Waals surface area (Å²) in [6.07, 6.45) is 7.30.